The summed E-state index contributed by atoms with van der Waals surface area (Å²) in [6, 6.07) is 8.26. The largest absolute Gasteiger partial charge is 0.494 e. The molecule has 0 fully saturated rings. The zero-order chi connectivity index (χ0) is 25.9. The monoisotopic (exact) mass is 498 g/mol. The van der Waals surface area contributed by atoms with E-state index in [0.29, 0.717) is 17.7 Å². The molecule has 8 nitrogen and oxygen atoms in total. The highest BCUT2D eigenvalue weighted by atomic mass is 19.1. The van der Waals surface area contributed by atoms with E-state index in [1.807, 2.05) is 54.0 Å². The van der Waals surface area contributed by atoms with Gasteiger partial charge in [0.15, 0.2) is 17.2 Å². The summed E-state index contributed by atoms with van der Waals surface area (Å²) < 4.78 is 20.9. The van der Waals surface area contributed by atoms with Crippen molar-refractivity contribution in [1.29, 1.82) is 0 Å². The second kappa shape index (κ2) is 10.2. The molecule has 0 saturated carbocycles. The van der Waals surface area contributed by atoms with Crippen molar-refractivity contribution in [1.82, 2.24) is 19.8 Å². The predicted octanol–water partition coefficient (Wildman–Crippen LogP) is 4.07. The molecule has 1 aliphatic heterocycles. The van der Waals surface area contributed by atoms with Crippen molar-refractivity contribution in [2.45, 2.75) is 13.3 Å². The minimum absolute atomic E-state index is 0.124. The van der Waals surface area contributed by atoms with Gasteiger partial charge in [-0.1, -0.05) is 23.6 Å². The molecule has 1 aliphatic carbocycles. The molecule has 1 atom stereocenters. The number of hydrazine groups is 1. The fourth-order valence-electron chi connectivity index (χ4n) is 4.23. The number of carbonyl (C=O) groups excluding carboxylic acids is 1. The fourth-order valence-corrected chi connectivity index (χ4v) is 4.23. The van der Waals surface area contributed by atoms with Crippen LogP contribution in [-0.4, -0.2) is 41.0 Å². The summed E-state index contributed by atoms with van der Waals surface area (Å²) in [4.78, 5) is 17.4. The number of rotatable bonds is 5. The smallest absolute Gasteiger partial charge is 0.251 e. The maximum absolute atomic E-state index is 14.0. The van der Waals surface area contributed by atoms with Crippen molar-refractivity contribution in [3.8, 4) is 17.6 Å². The van der Waals surface area contributed by atoms with Crippen LogP contribution in [0.4, 0.5) is 15.8 Å². The summed E-state index contributed by atoms with van der Waals surface area (Å²) in [7, 11) is 3.34. The number of hydrogen-bond donors (Lipinski definition) is 3. The molecule has 3 heterocycles. The molecule has 188 valence electrons. The van der Waals surface area contributed by atoms with Crippen LogP contribution in [0.1, 0.15) is 19.0 Å². The van der Waals surface area contributed by atoms with Gasteiger partial charge in [-0.15, -0.1) is 0 Å². The average Bonchev–Trinajstić information content (AvgIpc) is 3.50. The summed E-state index contributed by atoms with van der Waals surface area (Å²) >= 11 is 0. The van der Waals surface area contributed by atoms with Gasteiger partial charge in [0.2, 0.25) is 0 Å². The predicted molar refractivity (Wildman–Crippen MR) is 141 cm³/mol. The van der Waals surface area contributed by atoms with E-state index < -0.39 is 5.82 Å². The molecule has 1 amide bonds. The summed E-state index contributed by atoms with van der Waals surface area (Å²) in [5.41, 5.74) is 8.70. The first-order chi connectivity index (χ1) is 17.9. The first-order valence-electron chi connectivity index (χ1n) is 11.8. The Kier molecular flexibility index (Phi) is 6.66. The van der Waals surface area contributed by atoms with Crippen molar-refractivity contribution >= 4 is 22.9 Å². The number of hydrogen-bond acceptors (Lipinski definition) is 6. The van der Waals surface area contributed by atoms with E-state index in [4.69, 9.17) is 4.74 Å². The van der Waals surface area contributed by atoms with Crippen molar-refractivity contribution in [2.24, 2.45) is 5.92 Å². The van der Waals surface area contributed by atoms with Crippen LogP contribution in [0.25, 0.3) is 5.65 Å². The van der Waals surface area contributed by atoms with E-state index in [9.17, 15) is 9.18 Å². The average molecular weight is 499 g/mol. The summed E-state index contributed by atoms with van der Waals surface area (Å²) in [6.07, 6.45) is 9.84. The molecular formula is C28H27FN6O2. The number of benzene rings is 1. The number of nitrogens with zero attached hydrogens (tertiary/aromatic N) is 3. The number of imidazole rings is 1. The van der Waals surface area contributed by atoms with Crippen molar-refractivity contribution in [2.75, 3.05) is 31.3 Å². The van der Waals surface area contributed by atoms with Crippen molar-refractivity contribution < 1.29 is 13.9 Å². The number of amides is 1. The minimum atomic E-state index is -0.534. The van der Waals surface area contributed by atoms with Crippen LogP contribution in [0, 0.1) is 23.6 Å². The Morgan fingerprint density at radius 2 is 2.16 bits per heavy atom. The van der Waals surface area contributed by atoms with Crippen LogP contribution < -0.4 is 20.8 Å². The Labute approximate surface area is 214 Å². The topological polar surface area (TPSA) is 82.9 Å². The SMILES string of the molecule is COc1ccc(NC(=O)C2=CC=C(C)C(C#Cc3cnc4c(NC5=CN(C)NC5)cccn34)C2)cc1F. The highest BCUT2D eigenvalue weighted by Crippen LogP contribution is 2.27. The normalized spacial score (nSPS) is 16.9. The van der Waals surface area contributed by atoms with Gasteiger partial charge in [0.05, 0.1) is 25.5 Å². The molecule has 2 aliphatic rings. The molecule has 0 bridgehead atoms. The quantitative estimate of drug-likeness (QED) is 0.460. The second-order valence-electron chi connectivity index (χ2n) is 8.92. The van der Waals surface area contributed by atoms with Crippen LogP contribution in [0.15, 0.2) is 77.9 Å². The van der Waals surface area contributed by atoms with Crippen LogP contribution in [0.2, 0.25) is 0 Å². The second-order valence-corrected chi connectivity index (χ2v) is 8.92. The molecule has 3 N–H and O–H groups in total. The van der Waals surface area contributed by atoms with Gasteiger partial charge in [-0.05, 0) is 43.5 Å². The van der Waals surface area contributed by atoms with Gasteiger partial charge in [-0.2, -0.15) is 0 Å². The lowest BCUT2D eigenvalue weighted by molar-refractivity contribution is -0.113. The molecule has 5 rings (SSSR count). The minimum Gasteiger partial charge on any atom is -0.494 e. The number of halogens is 1. The maximum atomic E-state index is 14.0. The number of methoxy groups -OCH3 is 1. The maximum Gasteiger partial charge on any atom is 0.251 e. The van der Waals surface area contributed by atoms with Crippen LogP contribution in [-0.2, 0) is 4.79 Å². The third kappa shape index (κ3) is 5.20. The first kappa shape index (κ1) is 24.2. The van der Waals surface area contributed by atoms with Gasteiger partial charge in [-0.25, -0.2) is 14.8 Å². The van der Waals surface area contributed by atoms with Crippen molar-refractivity contribution in [3.05, 3.63) is 89.4 Å². The first-order valence-corrected chi connectivity index (χ1v) is 11.8. The van der Waals surface area contributed by atoms with Gasteiger partial charge >= 0.3 is 0 Å². The standard InChI is InChI=1S/C28H27FN6O2/c1-18-6-7-20(28(36)33-21-9-11-26(37-3)24(29)14-21)13-19(18)8-10-23-16-30-27-25(5-4-12-35(23)27)32-22-15-31-34(2)17-22/h4-7,9,11-12,14,16-17,19,31-32H,13,15H2,1-3H3,(H,33,36). The number of anilines is 2. The zero-order valence-corrected chi connectivity index (χ0v) is 20.8. The Morgan fingerprint density at radius 3 is 2.92 bits per heavy atom. The zero-order valence-electron chi connectivity index (χ0n) is 20.8. The van der Waals surface area contributed by atoms with Gasteiger partial charge in [0, 0.05) is 48.4 Å². The lowest BCUT2D eigenvalue weighted by Gasteiger charge is -2.18. The summed E-state index contributed by atoms with van der Waals surface area (Å²) in [5.74, 6) is 5.74. The van der Waals surface area contributed by atoms with Crippen molar-refractivity contribution in [3.63, 3.8) is 0 Å². The molecular weight excluding hydrogens is 471 g/mol. The number of ether oxygens (including phenoxy) is 1. The number of aromatic nitrogens is 2. The molecule has 1 unspecified atom stereocenters. The number of pyridine rings is 1. The highest BCUT2D eigenvalue weighted by molar-refractivity contribution is 6.04. The summed E-state index contributed by atoms with van der Waals surface area (Å²) in [6.45, 7) is 2.72. The molecule has 3 aromatic rings. The van der Waals surface area contributed by atoms with Crippen LogP contribution >= 0.6 is 0 Å². The van der Waals surface area contributed by atoms with Gasteiger partial charge in [-0.3, -0.25) is 9.20 Å². The third-order valence-corrected chi connectivity index (χ3v) is 6.30. The number of allylic oxidation sites excluding steroid dienone is 3. The molecule has 37 heavy (non-hydrogen) atoms. The van der Waals surface area contributed by atoms with Gasteiger partial charge in [0.25, 0.3) is 5.91 Å². The molecule has 2 aromatic heterocycles. The lowest BCUT2D eigenvalue weighted by atomic mass is 9.88. The van der Waals surface area contributed by atoms with Crippen LogP contribution in [0.5, 0.6) is 5.75 Å². The Morgan fingerprint density at radius 1 is 1.30 bits per heavy atom. The molecule has 1 aromatic carbocycles. The Balaban J connectivity index is 1.31. The number of carbonyl (C=O) groups is 1. The number of nitrogens with one attached hydrogen (secondary N) is 3. The van der Waals surface area contributed by atoms with E-state index >= 15 is 0 Å². The van der Waals surface area contributed by atoms with E-state index in [1.165, 1.54) is 19.2 Å². The third-order valence-electron chi connectivity index (χ3n) is 6.30. The van der Waals surface area contributed by atoms with E-state index in [0.717, 1.165) is 34.8 Å². The van der Waals surface area contributed by atoms with Crippen LogP contribution in [0.3, 0.4) is 0 Å². The van der Waals surface area contributed by atoms with Gasteiger partial charge in [0.1, 0.15) is 5.69 Å². The molecule has 0 saturated heterocycles. The number of fused-ring (bicyclic) bond motifs is 1. The van der Waals surface area contributed by atoms with E-state index in [-0.39, 0.29) is 17.6 Å². The molecule has 9 heteroatoms. The Hall–Kier alpha value is -4.55. The lowest BCUT2D eigenvalue weighted by Crippen LogP contribution is -2.24. The Bertz CT molecular complexity index is 1520. The molecule has 0 spiro atoms. The fraction of sp³-hybridized carbons (Fsp3) is 0.214. The van der Waals surface area contributed by atoms with E-state index in [2.05, 4.69) is 32.9 Å². The summed E-state index contributed by atoms with van der Waals surface area (Å²) in [5, 5.41) is 8.09. The molecule has 0 radical (unpaired) electrons. The van der Waals surface area contributed by atoms with Gasteiger partial charge < -0.3 is 20.4 Å². The highest BCUT2D eigenvalue weighted by Gasteiger charge is 2.20. The van der Waals surface area contributed by atoms with E-state index in [1.54, 1.807) is 18.3 Å².